The molecular weight excluding hydrogens is 520 g/mol. The van der Waals surface area contributed by atoms with Crippen LogP contribution in [0.2, 0.25) is 0 Å². The molecule has 1 heterocycles. The molecule has 42 heavy (non-hydrogen) atoms. The minimum absolute atomic E-state index is 0.197. The maximum absolute atomic E-state index is 6.41. The molecule has 4 nitrogen and oxygen atoms in total. The van der Waals surface area contributed by atoms with Crippen LogP contribution < -0.4 is 0 Å². The van der Waals surface area contributed by atoms with Gasteiger partial charge in [-0.1, -0.05) is 121 Å². The van der Waals surface area contributed by atoms with Gasteiger partial charge < -0.3 is 18.9 Å². The van der Waals surface area contributed by atoms with Gasteiger partial charge in [0.05, 0.1) is 52.9 Å². The average Bonchev–Trinajstić information content (AvgIpc) is 3.02. The van der Waals surface area contributed by atoms with Crippen molar-refractivity contribution >= 4 is 0 Å². The highest BCUT2D eigenvalue weighted by Gasteiger charge is 2.34. The van der Waals surface area contributed by atoms with E-state index in [1.165, 1.54) is 22.3 Å². The van der Waals surface area contributed by atoms with Gasteiger partial charge in [0.25, 0.3) is 0 Å². The molecule has 1 fully saturated rings. The van der Waals surface area contributed by atoms with Crippen LogP contribution in [-0.2, 0) is 44.6 Å². The molecule has 1 aliphatic heterocycles. The first kappa shape index (κ1) is 30.2. The summed E-state index contributed by atoms with van der Waals surface area (Å²) in [4.78, 5) is 0. The monoisotopic (exact) mass is 564 g/mol. The second-order valence-corrected chi connectivity index (χ2v) is 11.9. The van der Waals surface area contributed by atoms with Crippen LogP contribution in [0.25, 0.3) is 0 Å². The summed E-state index contributed by atoms with van der Waals surface area (Å²) < 4.78 is 25.6. The van der Waals surface area contributed by atoms with Crippen LogP contribution in [0.1, 0.15) is 22.3 Å². The van der Waals surface area contributed by atoms with Gasteiger partial charge in [-0.25, -0.2) is 0 Å². The number of rotatable bonds is 8. The van der Waals surface area contributed by atoms with Gasteiger partial charge in [0, 0.05) is 10.8 Å². The Balaban J connectivity index is 1.31. The molecule has 5 rings (SSSR count). The lowest BCUT2D eigenvalue weighted by Gasteiger charge is -2.36. The smallest absolute Gasteiger partial charge is 0.0700 e. The number of hydrogen-bond acceptors (Lipinski definition) is 4. The molecule has 0 aromatic heterocycles. The Morgan fingerprint density at radius 3 is 0.762 bits per heavy atom. The molecule has 0 radical (unpaired) electrons. The van der Waals surface area contributed by atoms with E-state index in [-0.39, 0.29) is 10.8 Å². The summed E-state index contributed by atoms with van der Waals surface area (Å²) in [7, 11) is 0. The average molecular weight is 565 g/mol. The van der Waals surface area contributed by atoms with E-state index in [0.29, 0.717) is 52.9 Å². The van der Waals surface area contributed by atoms with Crippen LogP contribution in [0.15, 0.2) is 121 Å². The minimum Gasteiger partial charge on any atom is -0.378 e. The van der Waals surface area contributed by atoms with Crippen molar-refractivity contribution < 1.29 is 18.9 Å². The summed E-state index contributed by atoms with van der Waals surface area (Å²) in [5.41, 5.74) is 4.78. The predicted octanol–water partition coefficient (Wildman–Crippen LogP) is 7.01. The Hall–Kier alpha value is -3.28. The summed E-state index contributed by atoms with van der Waals surface area (Å²) in [6.45, 7) is 4.55. The fourth-order valence-electron chi connectivity index (χ4n) is 6.12. The first-order chi connectivity index (χ1) is 20.7. The molecule has 220 valence electrons. The highest BCUT2D eigenvalue weighted by Crippen LogP contribution is 2.32. The Morgan fingerprint density at radius 1 is 0.333 bits per heavy atom. The largest absolute Gasteiger partial charge is 0.378 e. The third kappa shape index (κ3) is 9.37. The number of benzene rings is 4. The van der Waals surface area contributed by atoms with Crippen LogP contribution in [0.3, 0.4) is 0 Å². The van der Waals surface area contributed by atoms with Gasteiger partial charge in [0.2, 0.25) is 0 Å². The topological polar surface area (TPSA) is 36.9 Å². The zero-order valence-corrected chi connectivity index (χ0v) is 24.7. The second-order valence-electron chi connectivity index (χ2n) is 11.9. The highest BCUT2D eigenvalue weighted by molar-refractivity contribution is 5.22. The normalized spacial score (nSPS) is 18.1. The maximum atomic E-state index is 6.41. The Bertz CT molecular complexity index is 1070. The van der Waals surface area contributed by atoms with E-state index in [1.807, 2.05) is 0 Å². The summed E-state index contributed by atoms with van der Waals surface area (Å²) in [6, 6.07) is 42.7. The van der Waals surface area contributed by atoms with Crippen molar-refractivity contribution in [1.82, 2.24) is 0 Å². The summed E-state index contributed by atoms with van der Waals surface area (Å²) in [5.74, 6) is 0. The van der Waals surface area contributed by atoms with Crippen molar-refractivity contribution in [2.24, 2.45) is 10.8 Å². The number of ether oxygens (including phenoxy) is 4. The molecule has 0 bridgehead atoms. The quantitative estimate of drug-likeness (QED) is 0.231. The zero-order chi connectivity index (χ0) is 28.8. The van der Waals surface area contributed by atoms with Crippen LogP contribution in [0.5, 0.6) is 0 Å². The van der Waals surface area contributed by atoms with Crippen molar-refractivity contribution in [2.75, 3.05) is 52.9 Å². The van der Waals surface area contributed by atoms with Gasteiger partial charge in [0.1, 0.15) is 0 Å². The van der Waals surface area contributed by atoms with E-state index in [2.05, 4.69) is 121 Å². The highest BCUT2D eigenvalue weighted by atomic mass is 16.5. The minimum atomic E-state index is -0.197. The van der Waals surface area contributed by atoms with Gasteiger partial charge in [-0.15, -0.1) is 0 Å². The Labute approximate surface area is 251 Å². The molecule has 1 saturated heterocycles. The predicted molar refractivity (Wildman–Crippen MR) is 169 cm³/mol. The van der Waals surface area contributed by atoms with Crippen molar-refractivity contribution in [3.8, 4) is 0 Å². The fraction of sp³-hybridized carbons (Fsp3) is 0.368. The third-order valence-electron chi connectivity index (χ3n) is 8.06. The van der Waals surface area contributed by atoms with Gasteiger partial charge in [0.15, 0.2) is 0 Å². The third-order valence-corrected chi connectivity index (χ3v) is 8.06. The van der Waals surface area contributed by atoms with Crippen LogP contribution >= 0.6 is 0 Å². The van der Waals surface area contributed by atoms with Crippen molar-refractivity contribution in [3.05, 3.63) is 144 Å². The Morgan fingerprint density at radius 2 is 0.548 bits per heavy atom. The molecule has 0 aliphatic carbocycles. The van der Waals surface area contributed by atoms with E-state index < -0.39 is 0 Å². The summed E-state index contributed by atoms with van der Waals surface area (Å²) >= 11 is 0. The van der Waals surface area contributed by atoms with Crippen LogP contribution in [0, 0.1) is 10.8 Å². The van der Waals surface area contributed by atoms with E-state index in [9.17, 15) is 0 Å². The maximum Gasteiger partial charge on any atom is 0.0700 e. The standard InChI is InChI=1S/C38H44O4/c1-5-13-33(14-6-1)25-37(26-34-15-7-2-8-16-34)29-39-21-23-41-31-38(32-42-24-22-40-30-37,27-35-17-9-3-10-18-35)28-36-19-11-4-12-20-36/h1-20H,21-32H2. The summed E-state index contributed by atoms with van der Waals surface area (Å²) in [6.07, 6.45) is 3.51. The molecule has 0 amide bonds. The van der Waals surface area contributed by atoms with E-state index in [0.717, 1.165) is 25.7 Å². The SMILES string of the molecule is c1ccc(CC2(Cc3ccccc3)COCCOCC(Cc3ccccc3)(Cc3ccccc3)COCCOC2)cc1. The van der Waals surface area contributed by atoms with Crippen molar-refractivity contribution in [1.29, 1.82) is 0 Å². The molecule has 4 heteroatoms. The first-order valence-electron chi connectivity index (χ1n) is 15.2. The van der Waals surface area contributed by atoms with Crippen molar-refractivity contribution in [3.63, 3.8) is 0 Å². The molecule has 4 aromatic rings. The molecule has 0 atom stereocenters. The second kappa shape index (κ2) is 15.8. The van der Waals surface area contributed by atoms with Gasteiger partial charge >= 0.3 is 0 Å². The molecule has 0 saturated carbocycles. The molecule has 0 spiro atoms. The van der Waals surface area contributed by atoms with Crippen molar-refractivity contribution in [2.45, 2.75) is 25.7 Å². The molecule has 0 unspecified atom stereocenters. The van der Waals surface area contributed by atoms with Gasteiger partial charge in [-0.05, 0) is 47.9 Å². The van der Waals surface area contributed by atoms with Gasteiger partial charge in [-0.2, -0.15) is 0 Å². The lowest BCUT2D eigenvalue weighted by molar-refractivity contribution is -0.0812. The van der Waals surface area contributed by atoms with E-state index in [1.54, 1.807) is 0 Å². The van der Waals surface area contributed by atoms with E-state index in [4.69, 9.17) is 18.9 Å². The van der Waals surface area contributed by atoms with Crippen LogP contribution in [-0.4, -0.2) is 52.9 Å². The molecule has 1 aliphatic rings. The van der Waals surface area contributed by atoms with E-state index >= 15 is 0 Å². The zero-order valence-electron chi connectivity index (χ0n) is 24.7. The molecular formula is C38H44O4. The lowest BCUT2D eigenvalue weighted by atomic mass is 9.77. The fourth-order valence-corrected chi connectivity index (χ4v) is 6.12. The number of hydrogen-bond donors (Lipinski definition) is 0. The lowest BCUT2D eigenvalue weighted by Crippen LogP contribution is -2.40. The molecule has 0 N–H and O–H groups in total. The summed E-state index contributed by atoms with van der Waals surface area (Å²) in [5, 5.41) is 0. The van der Waals surface area contributed by atoms with Crippen LogP contribution in [0.4, 0.5) is 0 Å². The molecule has 4 aromatic carbocycles. The first-order valence-corrected chi connectivity index (χ1v) is 15.2. The Kier molecular flexibility index (Phi) is 11.4. The van der Waals surface area contributed by atoms with Gasteiger partial charge in [-0.3, -0.25) is 0 Å².